The van der Waals surface area contributed by atoms with Crippen LogP contribution in [0.3, 0.4) is 0 Å². The van der Waals surface area contributed by atoms with E-state index < -0.39 is 0 Å². The van der Waals surface area contributed by atoms with E-state index in [1.165, 1.54) is 11.1 Å². The van der Waals surface area contributed by atoms with Gasteiger partial charge in [0.25, 0.3) is 0 Å². The molecular formula is C14H23ClN2O. The number of hydrogen-bond donors (Lipinski definition) is 1. The van der Waals surface area contributed by atoms with Crippen LogP contribution >= 0.6 is 12.4 Å². The van der Waals surface area contributed by atoms with Crippen molar-refractivity contribution in [3.63, 3.8) is 0 Å². The van der Waals surface area contributed by atoms with Crippen molar-refractivity contribution in [2.45, 2.75) is 32.0 Å². The number of hydrogen-bond acceptors (Lipinski definition) is 3. The molecule has 1 aliphatic heterocycles. The Hall–Kier alpha value is -0.610. The van der Waals surface area contributed by atoms with Crippen LogP contribution in [0.1, 0.15) is 24.0 Å². The summed E-state index contributed by atoms with van der Waals surface area (Å²) < 4.78 is 5.16. The monoisotopic (exact) mass is 270 g/mol. The Morgan fingerprint density at radius 3 is 2.61 bits per heavy atom. The van der Waals surface area contributed by atoms with Crippen LogP contribution in [0, 0.1) is 0 Å². The van der Waals surface area contributed by atoms with Crippen LogP contribution in [-0.4, -0.2) is 31.1 Å². The summed E-state index contributed by atoms with van der Waals surface area (Å²) in [7, 11) is 1.73. The van der Waals surface area contributed by atoms with Gasteiger partial charge in [-0.15, -0.1) is 12.4 Å². The average molecular weight is 271 g/mol. The zero-order valence-electron chi connectivity index (χ0n) is 11.0. The molecule has 1 heterocycles. The van der Waals surface area contributed by atoms with Gasteiger partial charge in [-0.1, -0.05) is 24.3 Å². The third kappa shape index (κ3) is 4.58. The second kappa shape index (κ2) is 7.74. The molecule has 0 aliphatic carbocycles. The number of halogens is 1. The lowest BCUT2D eigenvalue weighted by molar-refractivity contribution is 0.184. The molecule has 3 nitrogen and oxygen atoms in total. The van der Waals surface area contributed by atoms with Crippen LogP contribution in [-0.2, 0) is 17.9 Å². The van der Waals surface area contributed by atoms with Crippen molar-refractivity contribution < 1.29 is 4.74 Å². The van der Waals surface area contributed by atoms with Gasteiger partial charge in [-0.2, -0.15) is 0 Å². The molecule has 1 saturated heterocycles. The summed E-state index contributed by atoms with van der Waals surface area (Å²) in [5.41, 5.74) is 8.53. The second-order valence-corrected chi connectivity index (χ2v) is 4.87. The Balaban J connectivity index is 0.00000162. The molecule has 102 valence electrons. The molecule has 0 bridgehead atoms. The maximum atomic E-state index is 5.91. The van der Waals surface area contributed by atoms with Gasteiger partial charge in [-0.3, -0.25) is 4.90 Å². The SMILES string of the molecule is COCc1cccc(CN2CCC(N)CC2)c1.Cl. The zero-order valence-corrected chi connectivity index (χ0v) is 11.8. The fraction of sp³-hybridized carbons (Fsp3) is 0.571. The third-order valence-corrected chi connectivity index (χ3v) is 3.34. The lowest BCUT2D eigenvalue weighted by atomic mass is 10.0. The fourth-order valence-corrected chi connectivity index (χ4v) is 2.35. The number of likely N-dealkylation sites (tertiary alicyclic amines) is 1. The first kappa shape index (κ1) is 15.4. The quantitative estimate of drug-likeness (QED) is 0.911. The number of nitrogens with zero attached hydrogens (tertiary/aromatic N) is 1. The molecule has 0 radical (unpaired) electrons. The largest absolute Gasteiger partial charge is 0.380 e. The van der Waals surface area contributed by atoms with Crippen molar-refractivity contribution in [1.82, 2.24) is 4.90 Å². The molecule has 1 aromatic carbocycles. The predicted octanol–water partition coefficient (Wildman–Crippen LogP) is 2.18. The van der Waals surface area contributed by atoms with Crippen LogP contribution in [0.4, 0.5) is 0 Å². The Morgan fingerprint density at radius 2 is 1.94 bits per heavy atom. The summed E-state index contributed by atoms with van der Waals surface area (Å²) in [6, 6.07) is 9.05. The average Bonchev–Trinajstić information content (AvgIpc) is 2.33. The van der Waals surface area contributed by atoms with Crippen LogP contribution in [0.15, 0.2) is 24.3 Å². The first-order chi connectivity index (χ1) is 8.28. The summed E-state index contributed by atoms with van der Waals surface area (Å²) in [4.78, 5) is 2.48. The van der Waals surface area contributed by atoms with Crippen LogP contribution < -0.4 is 5.73 Å². The zero-order chi connectivity index (χ0) is 12.1. The van der Waals surface area contributed by atoms with Gasteiger partial charge in [0.05, 0.1) is 6.61 Å². The molecule has 1 aromatic rings. The fourth-order valence-electron chi connectivity index (χ4n) is 2.35. The maximum Gasteiger partial charge on any atom is 0.0713 e. The van der Waals surface area contributed by atoms with E-state index in [-0.39, 0.29) is 12.4 Å². The Kier molecular flexibility index (Phi) is 6.65. The minimum absolute atomic E-state index is 0. The van der Waals surface area contributed by atoms with E-state index in [2.05, 4.69) is 29.2 Å². The lowest BCUT2D eigenvalue weighted by Gasteiger charge is -2.30. The summed E-state index contributed by atoms with van der Waals surface area (Å²) >= 11 is 0. The number of piperidine rings is 1. The molecule has 0 saturated carbocycles. The predicted molar refractivity (Wildman–Crippen MR) is 76.9 cm³/mol. The summed E-state index contributed by atoms with van der Waals surface area (Å²) in [5.74, 6) is 0. The Labute approximate surface area is 116 Å². The van der Waals surface area contributed by atoms with Gasteiger partial charge < -0.3 is 10.5 Å². The van der Waals surface area contributed by atoms with Crippen molar-refractivity contribution >= 4 is 12.4 Å². The van der Waals surface area contributed by atoms with Gasteiger partial charge in [-0.05, 0) is 37.1 Å². The van der Waals surface area contributed by atoms with E-state index in [4.69, 9.17) is 10.5 Å². The van der Waals surface area contributed by atoms with E-state index in [1.54, 1.807) is 7.11 Å². The van der Waals surface area contributed by atoms with E-state index >= 15 is 0 Å². The van der Waals surface area contributed by atoms with Gasteiger partial charge in [0, 0.05) is 19.7 Å². The molecule has 2 N–H and O–H groups in total. The van der Waals surface area contributed by atoms with E-state index in [1.807, 2.05) is 0 Å². The first-order valence-corrected chi connectivity index (χ1v) is 6.32. The molecule has 0 atom stereocenters. The van der Waals surface area contributed by atoms with Crippen molar-refractivity contribution in [1.29, 1.82) is 0 Å². The third-order valence-electron chi connectivity index (χ3n) is 3.34. The lowest BCUT2D eigenvalue weighted by Crippen LogP contribution is -2.39. The van der Waals surface area contributed by atoms with Gasteiger partial charge in [-0.25, -0.2) is 0 Å². The maximum absolute atomic E-state index is 5.91. The smallest absolute Gasteiger partial charge is 0.0713 e. The Bertz CT molecular complexity index is 351. The van der Waals surface area contributed by atoms with Crippen LogP contribution in [0.2, 0.25) is 0 Å². The summed E-state index contributed by atoms with van der Waals surface area (Å²) in [6.45, 7) is 3.97. The number of ether oxygens (including phenoxy) is 1. The highest BCUT2D eigenvalue weighted by molar-refractivity contribution is 5.85. The highest BCUT2D eigenvalue weighted by Crippen LogP contribution is 2.14. The molecule has 0 amide bonds. The molecule has 0 unspecified atom stereocenters. The van der Waals surface area contributed by atoms with Gasteiger partial charge >= 0.3 is 0 Å². The van der Waals surface area contributed by atoms with E-state index in [9.17, 15) is 0 Å². The van der Waals surface area contributed by atoms with Gasteiger partial charge in [0.2, 0.25) is 0 Å². The second-order valence-electron chi connectivity index (χ2n) is 4.87. The van der Waals surface area contributed by atoms with Gasteiger partial charge in [0.15, 0.2) is 0 Å². The summed E-state index contributed by atoms with van der Waals surface area (Å²) in [6.07, 6.45) is 2.25. The minimum Gasteiger partial charge on any atom is -0.380 e. The number of benzene rings is 1. The highest BCUT2D eigenvalue weighted by atomic mass is 35.5. The van der Waals surface area contributed by atoms with Crippen LogP contribution in [0.25, 0.3) is 0 Å². The normalized spacial score (nSPS) is 17.4. The topological polar surface area (TPSA) is 38.5 Å². The molecule has 1 aliphatic rings. The number of nitrogens with two attached hydrogens (primary N) is 1. The minimum atomic E-state index is 0. The Morgan fingerprint density at radius 1 is 1.28 bits per heavy atom. The molecule has 0 aromatic heterocycles. The molecule has 18 heavy (non-hydrogen) atoms. The molecule has 0 spiro atoms. The van der Waals surface area contributed by atoms with E-state index in [0.717, 1.165) is 32.5 Å². The van der Waals surface area contributed by atoms with Crippen molar-refractivity contribution in [2.75, 3.05) is 20.2 Å². The molecular weight excluding hydrogens is 248 g/mol. The van der Waals surface area contributed by atoms with Crippen LogP contribution in [0.5, 0.6) is 0 Å². The number of methoxy groups -OCH3 is 1. The van der Waals surface area contributed by atoms with E-state index in [0.29, 0.717) is 12.6 Å². The highest BCUT2D eigenvalue weighted by Gasteiger charge is 2.15. The van der Waals surface area contributed by atoms with Gasteiger partial charge in [0.1, 0.15) is 0 Å². The molecule has 4 heteroatoms. The van der Waals surface area contributed by atoms with Crippen molar-refractivity contribution in [3.05, 3.63) is 35.4 Å². The number of rotatable bonds is 4. The van der Waals surface area contributed by atoms with Crippen molar-refractivity contribution in [2.24, 2.45) is 5.73 Å². The standard InChI is InChI=1S/C14H22N2O.ClH/c1-17-11-13-4-2-3-12(9-13)10-16-7-5-14(15)6-8-16;/h2-4,9,14H,5-8,10-11,15H2,1H3;1H. The molecule has 1 fully saturated rings. The first-order valence-electron chi connectivity index (χ1n) is 6.32. The summed E-state index contributed by atoms with van der Waals surface area (Å²) in [5, 5.41) is 0. The molecule has 2 rings (SSSR count). The van der Waals surface area contributed by atoms with Crippen molar-refractivity contribution in [3.8, 4) is 0 Å².